The van der Waals surface area contributed by atoms with Gasteiger partial charge in [-0.05, 0) is 24.1 Å². The minimum atomic E-state index is -0.563. The van der Waals surface area contributed by atoms with Gasteiger partial charge in [-0.1, -0.05) is 13.8 Å². The van der Waals surface area contributed by atoms with Crippen molar-refractivity contribution in [1.82, 2.24) is 4.90 Å². The molecule has 0 spiro atoms. The number of nitrogens with zero attached hydrogens (tertiary/aromatic N) is 1. The molecule has 2 nitrogen and oxygen atoms in total. The smallest absolute Gasteiger partial charge is 0.126 e. The van der Waals surface area contributed by atoms with Crippen molar-refractivity contribution in [2.45, 2.75) is 36.8 Å². The molecule has 0 amide bonds. The van der Waals surface area contributed by atoms with Crippen LogP contribution >= 0.6 is 11.8 Å². The number of hydrogen-bond donors (Lipinski definition) is 1. The lowest BCUT2D eigenvalue weighted by atomic mass is 10.0. The first-order valence-electron chi connectivity index (χ1n) is 7.03. The van der Waals surface area contributed by atoms with Gasteiger partial charge in [0, 0.05) is 42.2 Å². The summed E-state index contributed by atoms with van der Waals surface area (Å²) in [7, 11) is 0. The topological polar surface area (TPSA) is 29.3 Å². The predicted octanol–water partition coefficient (Wildman–Crippen LogP) is 3.18. The van der Waals surface area contributed by atoms with Gasteiger partial charge in [0.15, 0.2) is 0 Å². The van der Waals surface area contributed by atoms with E-state index in [1.165, 1.54) is 12.1 Å². The Balaban J connectivity index is 1.89. The van der Waals surface area contributed by atoms with Crippen molar-refractivity contribution < 1.29 is 8.78 Å². The summed E-state index contributed by atoms with van der Waals surface area (Å²) in [5, 5.41) is 1.25. The lowest BCUT2D eigenvalue weighted by Crippen LogP contribution is -2.41. The second-order valence-electron chi connectivity index (χ2n) is 5.61. The summed E-state index contributed by atoms with van der Waals surface area (Å²) in [6, 6.07) is 3.21. The van der Waals surface area contributed by atoms with Gasteiger partial charge in [0.1, 0.15) is 11.6 Å². The van der Waals surface area contributed by atoms with E-state index in [-0.39, 0.29) is 6.04 Å². The Morgan fingerprint density at radius 2 is 1.75 bits per heavy atom. The molecule has 5 heteroatoms. The largest absolute Gasteiger partial charge is 0.324 e. The lowest BCUT2D eigenvalue weighted by Gasteiger charge is -2.35. The standard InChI is InChI=1S/C15H22F2N2S/c1-10-8-19(9-11(2)20-10)4-3-15(18)12-5-13(16)7-14(17)6-12/h5-7,10-11,15H,3-4,8-9,18H2,1-2H3. The third-order valence-electron chi connectivity index (χ3n) is 3.56. The fourth-order valence-electron chi connectivity index (χ4n) is 2.74. The number of thioether (sulfide) groups is 1. The zero-order valence-corrected chi connectivity index (χ0v) is 12.8. The molecule has 0 radical (unpaired) electrons. The summed E-state index contributed by atoms with van der Waals surface area (Å²) in [5.41, 5.74) is 6.59. The van der Waals surface area contributed by atoms with Gasteiger partial charge in [-0.2, -0.15) is 11.8 Å². The summed E-state index contributed by atoms with van der Waals surface area (Å²) < 4.78 is 26.4. The minimum Gasteiger partial charge on any atom is -0.324 e. The first kappa shape index (κ1) is 15.7. The quantitative estimate of drug-likeness (QED) is 0.926. The molecule has 1 saturated heterocycles. The van der Waals surface area contributed by atoms with Crippen LogP contribution in [-0.4, -0.2) is 35.0 Å². The van der Waals surface area contributed by atoms with Crippen LogP contribution in [0.3, 0.4) is 0 Å². The molecule has 1 aromatic carbocycles. The number of nitrogens with two attached hydrogens (primary N) is 1. The Kier molecular flexibility index (Phi) is 5.41. The highest BCUT2D eigenvalue weighted by atomic mass is 32.2. The second-order valence-corrected chi connectivity index (χ2v) is 7.50. The Morgan fingerprint density at radius 1 is 1.20 bits per heavy atom. The van der Waals surface area contributed by atoms with Gasteiger partial charge in [0.25, 0.3) is 0 Å². The van der Waals surface area contributed by atoms with E-state index in [1.54, 1.807) is 0 Å². The van der Waals surface area contributed by atoms with Gasteiger partial charge in [-0.25, -0.2) is 8.78 Å². The van der Waals surface area contributed by atoms with Crippen molar-refractivity contribution in [2.24, 2.45) is 5.73 Å². The Bertz CT molecular complexity index is 425. The summed E-state index contributed by atoms with van der Waals surface area (Å²) in [6.07, 6.45) is 0.715. The van der Waals surface area contributed by atoms with E-state index in [4.69, 9.17) is 5.73 Å². The van der Waals surface area contributed by atoms with E-state index in [1.807, 2.05) is 11.8 Å². The first-order valence-corrected chi connectivity index (χ1v) is 7.97. The summed E-state index contributed by atoms with van der Waals surface area (Å²) in [6.45, 7) is 7.44. The molecule has 0 bridgehead atoms. The lowest BCUT2D eigenvalue weighted by molar-refractivity contribution is 0.260. The fourth-order valence-corrected chi connectivity index (χ4v) is 4.13. The van der Waals surface area contributed by atoms with Crippen LogP contribution in [0.1, 0.15) is 31.9 Å². The number of benzene rings is 1. The highest BCUT2D eigenvalue weighted by molar-refractivity contribution is 8.00. The van der Waals surface area contributed by atoms with E-state index in [2.05, 4.69) is 18.7 Å². The van der Waals surface area contributed by atoms with Crippen LogP contribution in [-0.2, 0) is 0 Å². The maximum Gasteiger partial charge on any atom is 0.126 e. The summed E-state index contributed by atoms with van der Waals surface area (Å²) in [4.78, 5) is 2.39. The zero-order chi connectivity index (χ0) is 14.7. The van der Waals surface area contributed by atoms with Crippen LogP contribution in [0.15, 0.2) is 18.2 Å². The minimum absolute atomic E-state index is 0.319. The molecule has 20 heavy (non-hydrogen) atoms. The fraction of sp³-hybridized carbons (Fsp3) is 0.600. The predicted molar refractivity (Wildman–Crippen MR) is 80.9 cm³/mol. The van der Waals surface area contributed by atoms with Crippen LogP contribution in [0.25, 0.3) is 0 Å². The SMILES string of the molecule is CC1CN(CCC(N)c2cc(F)cc(F)c2)CC(C)S1. The van der Waals surface area contributed by atoms with Gasteiger partial charge in [0.2, 0.25) is 0 Å². The van der Waals surface area contributed by atoms with E-state index >= 15 is 0 Å². The molecular weight excluding hydrogens is 278 g/mol. The average Bonchev–Trinajstić information content (AvgIpc) is 2.33. The molecule has 3 atom stereocenters. The van der Waals surface area contributed by atoms with E-state index in [0.29, 0.717) is 22.5 Å². The monoisotopic (exact) mass is 300 g/mol. The van der Waals surface area contributed by atoms with Crippen LogP contribution in [0, 0.1) is 11.6 Å². The number of halogens is 2. The zero-order valence-electron chi connectivity index (χ0n) is 12.0. The molecular formula is C15H22F2N2S. The van der Waals surface area contributed by atoms with Gasteiger partial charge >= 0.3 is 0 Å². The highest BCUT2D eigenvalue weighted by Gasteiger charge is 2.22. The third kappa shape index (κ3) is 4.43. The van der Waals surface area contributed by atoms with Crippen molar-refractivity contribution >= 4 is 11.8 Å². The Hall–Kier alpha value is -0.650. The maximum atomic E-state index is 13.2. The molecule has 1 fully saturated rings. The van der Waals surface area contributed by atoms with E-state index < -0.39 is 11.6 Å². The van der Waals surface area contributed by atoms with Crippen molar-refractivity contribution in [3.8, 4) is 0 Å². The third-order valence-corrected chi connectivity index (χ3v) is 4.79. The molecule has 2 rings (SSSR count). The molecule has 2 N–H and O–H groups in total. The van der Waals surface area contributed by atoms with Crippen molar-refractivity contribution in [1.29, 1.82) is 0 Å². The Labute approximate surface area is 123 Å². The van der Waals surface area contributed by atoms with Gasteiger partial charge < -0.3 is 10.6 Å². The highest BCUT2D eigenvalue weighted by Crippen LogP contribution is 2.25. The number of hydrogen-bond acceptors (Lipinski definition) is 3. The average molecular weight is 300 g/mol. The molecule has 0 saturated carbocycles. The van der Waals surface area contributed by atoms with Gasteiger partial charge in [0.05, 0.1) is 0 Å². The van der Waals surface area contributed by atoms with E-state index in [9.17, 15) is 8.78 Å². The van der Waals surface area contributed by atoms with Crippen molar-refractivity contribution in [3.05, 3.63) is 35.4 Å². The molecule has 1 aliphatic rings. The van der Waals surface area contributed by atoms with Crippen LogP contribution in [0.5, 0.6) is 0 Å². The summed E-state index contributed by atoms with van der Waals surface area (Å²) in [5.74, 6) is -1.13. The molecule has 1 aliphatic heterocycles. The second kappa shape index (κ2) is 6.87. The molecule has 3 unspecified atom stereocenters. The van der Waals surface area contributed by atoms with Crippen LogP contribution in [0.4, 0.5) is 8.78 Å². The molecule has 112 valence electrons. The summed E-state index contributed by atoms with van der Waals surface area (Å²) >= 11 is 2.01. The van der Waals surface area contributed by atoms with E-state index in [0.717, 1.165) is 25.7 Å². The first-order chi connectivity index (χ1) is 9.44. The molecule has 1 heterocycles. The van der Waals surface area contributed by atoms with Gasteiger partial charge in [-0.3, -0.25) is 0 Å². The maximum absolute atomic E-state index is 13.2. The van der Waals surface area contributed by atoms with Crippen LogP contribution < -0.4 is 5.73 Å². The normalized spacial score (nSPS) is 25.6. The molecule has 0 aliphatic carbocycles. The molecule has 1 aromatic rings. The van der Waals surface area contributed by atoms with Crippen molar-refractivity contribution in [2.75, 3.05) is 19.6 Å². The molecule has 0 aromatic heterocycles. The van der Waals surface area contributed by atoms with Gasteiger partial charge in [-0.15, -0.1) is 0 Å². The van der Waals surface area contributed by atoms with Crippen molar-refractivity contribution in [3.63, 3.8) is 0 Å². The number of rotatable bonds is 4. The van der Waals surface area contributed by atoms with Crippen LogP contribution in [0.2, 0.25) is 0 Å². The Morgan fingerprint density at radius 3 is 2.30 bits per heavy atom.